The Balaban J connectivity index is 1.83. The molecular formula is C18H12Br2N2O4. The van der Waals surface area contributed by atoms with E-state index in [1.165, 1.54) is 24.6 Å². The van der Waals surface area contributed by atoms with Crippen LogP contribution in [0.2, 0.25) is 0 Å². The van der Waals surface area contributed by atoms with E-state index in [0.717, 1.165) is 5.56 Å². The van der Waals surface area contributed by atoms with E-state index in [2.05, 4.69) is 42.4 Å². The third-order valence-corrected chi connectivity index (χ3v) is 4.81. The third-order valence-electron chi connectivity index (χ3n) is 3.60. The first-order chi connectivity index (χ1) is 12.4. The Kier molecular flexibility index (Phi) is 5.24. The summed E-state index contributed by atoms with van der Waals surface area (Å²) in [5.74, 6) is -0.502. The lowest BCUT2D eigenvalue weighted by Gasteiger charge is -2.04. The van der Waals surface area contributed by atoms with Crippen LogP contribution in [0.3, 0.4) is 0 Å². The molecule has 0 radical (unpaired) electrons. The van der Waals surface area contributed by atoms with Crippen molar-refractivity contribution in [2.24, 2.45) is 5.10 Å². The van der Waals surface area contributed by atoms with Gasteiger partial charge in [-0.3, -0.25) is 9.59 Å². The summed E-state index contributed by atoms with van der Waals surface area (Å²) in [4.78, 5) is 24.6. The summed E-state index contributed by atoms with van der Waals surface area (Å²) in [6, 6.07) is 8.24. The fourth-order valence-corrected chi connectivity index (χ4v) is 3.46. The van der Waals surface area contributed by atoms with Gasteiger partial charge in [0.15, 0.2) is 0 Å². The number of hydrazone groups is 1. The molecule has 3 rings (SSSR count). The minimum atomic E-state index is -0.497. The van der Waals surface area contributed by atoms with Gasteiger partial charge in [0, 0.05) is 5.56 Å². The summed E-state index contributed by atoms with van der Waals surface area (Å²) in [5, 5.41) is 13.9. The quantitative estimate of drug-likeness (QED) is 0.437. The number of phenols is 1. The highest BCUT2D eigenvalue weighted by Gasteiger charge is 2.11. The zero-order valence-corrected chi connectivity index (χ0v) is 16.6. The van der Waals surface area contributed by atoms with Crippen LogP contribution >= 0.6 is 31.9 Å². The predicted octanol–water partition coefficient (Wildman–Crippen LogP) is 4.10. The number of hydrogen-bond acceptors (Lipinski definition) is 5. The van der Waals surface area contributed by atoms with E-state index in [0.29, 0.717) is 19.9 Å². The molecule has 0 saturated heterocycles. The van der Waals surface area contributed by atoms with Crippen molar-refractivity contribution in [1.29, 1.82) is 0 Å². The number of nitrogens with one attached hydrogen (secondary N) is 1. The van der Waals surface area contributed by atoms with Gasteiger partial charge in [-0.25, -0.2) is 5.43 Å². The van der Waals surface area contributed by atoms with Crippen molar-refractivity contribution in [3.63, 3.8) is 0 Å². The number of carbonyl (C=O) groups is 1. The monoisotopic (exact) mass is 478 g/mol. The first-order valence-corrected chi connectivity index (χ1v) is 8.99. The van der Waals surface area contributed by atoms with Gasteiger partial charge in [0.05, 0.1) is 26.1 Å². The first-order valence-electron chi connectivity index (χ1n) is 7.40. The number of halogens is 2. The topological polar surface area (TPSA) is 91.9 Å². The first kappa shape index (κ1) is 18.3. The molecule has 0 aliphatic carbocycles. The molecule has 3 aromatic rings. The lowest BCUT2D eigenvalue weighted by atomic mass is 10.1. The second-order valence-corrected chi connectivity index (χ2v) is 7.22. The number of aryl methyl sites for hydroxylation is 1. The molecule has 0 fully saturated rings. The molecule has 8 heteroatoms. The number of rotatable bonds is 3. The van der Waals surface area contributed by atoms with Crippen LogP contribution in [0.4, 0.5) is 0 Å². The van der Waals surface area contributed by atoms with E-state index < -0.39 is 5.91 Å². The number of amides is 1. The highest BCUT2D eigenvalue weighted by Crippen LogP contribution is 2.33. The lowest BCUT2D eigenvalue weighted by Crippen LogP contribution is -2.18. The van der Waals surface area contributed by atoms with Gasteiger partial charge in [0.25, 0.3) is 5.91 Å². The van der Waals surface area contributed by atoms with Crippen LogP contribution < -0.4 is 10.9 Å². The van der Waals surface area contributed by atoms with Gasteiger partial charge >= 0.3 is 0 Å². The number of benzene rings is 2. The zero-order chi connectivity index (χ0) is 18.8. The van der Waals surface area contributed by atoms with Crippen LogP contribution in [-0.4, -0.2) is 17.2 Å². The molecule has 6 nitrogen and oxygen atoms in total. The van der Waals surface area contributed by atoms with Gasteiger partial charge < -0.3 is 9.52 Å². The van der Waals surface area contributed by atoms with Crippen molar-refractivity contribution in [3.05, 3.63) is 72.5 Å². The normalized spacial score (nSPS) is 11.2. The van der Waals surface area contributed by atoms with Crippen LogP contribution in [0.25, 0.3) is 11.0 Å². The second kappa shape index (κ2) is 7.43. The molecule has 0 aliphatic heterocycles. The summed E-state index contributed by atoms with van der Waals surface area (Å²) in [6.07, 6.45) is 2.53. The SMILES string of the molecule is Cc1ccc2occ(C=NNC(=O)c3cc(Br)c(O)c(Br)c3)c(=O)c2c1. The van der Waals surface area contributed by atoms with Crippen molar-refractivity contribution in [2.45, 2.75) is 6.92 Å². The zero-order valence-electron chi connectivity index (χ0n) is 13.4. The van der Waals surface area contributed by atoms with E-state index in [1.54, 1.807) is 12.1 Å². The van der Waals surface area contributed by atoms with Crippen LogP contribution in [-0.2, 0) is 0 Å². The maximum absolute atomic E-state index is 12.4. The Morgan fingerprint density at radius 1 is 1.23 bits per heavy atom. The number of aromatic hydroxyl groups is 1. The van der Waals surface area contributed by atoms with Crippen molar-refractivity contribution in [1.82, 2.24) is 5.43 Å². The largest absolute Gasteiger partial charge is 0.506 e. The van der Waals surface area contributed by atoms with Crippen LogP contribution in [0.1, 0.15) is 21.5 Å². The Morgan fingerprint density at radius 3 is 2.62 bits per heavy atom. The number of hydrogen-bond donors (Lipinski definition) is 2. The summed E-state index contributed by atoms with van der Waals surface area (Å²) in [5.41, 5.74) is 4.03. The maximum atomic E-state index is 12.4. The van der Waals surface area contributed by atoms with E-state index in [9.17, 15) is 14.7 Å². The Bertz CT molecular complexity index is 1080. The molecule has 132 valence electrons. The highest BCUT2D eigenvalue weighted by molar-refractivity contribution is 9.11. The maximum Gasteiger partial charge on any atom is 0.271 e. The van der Waals surface area contributed by atoms with Crippen LogP contribution in [0.15, 0.2) is 59.9 Å². The molecule has 2 N–H and O–H groups in total. The van der Waals surface area contributed by atoms with Gasteiger partial charge in [0.1, 0.15) is 17.6 Å². The summed E-state index contributed by atoms with van der Waals surface area (Å²) in [7, 11) is 0. The third kappa shape index (κ3) is 3.71. The molecular weight excluding hydrogens is 468 g/mol. The predicted molar refractivity (Wildman–Crippen MR) is 106 cm³/mol. The van der Waals surface area contributed by atoms with Gasteiger partial charge in [-0.05, 0) is 63.0 Å². The minimum Gasteiger partial charge on any atom is -0.506 e. The van der Waals surface area contributed by atoms with Crippen LogP contribution in [0, 0.1) is 6.92 Å². The van der Waals surface area contributed by atoms with Gasteiger partial charge in [-0.15, -0.1) is 0 Å². The molecule has 2 aromatic carbocycles. The fraction of sp³-hybridized carbons (Fsp3) is 0.0556. The Morgan fingerprint density at radius 2 is 1.92 bits per heavy atom. The number of fused-ring (bicyclic) bond motifs is 1. The Hall–Kier alpha value is -2.45. The highest BCUT2D eigenvalue weighted by atomic mass is 79.9. The molecule has 0 saturated carbocycles. The van der Waals surface area contributed by atoms with E-state index >= 15 is 0 Å². The summed E-state index contributed by atoms with van der Waals surface area (Å²) in [6.45, 7) is 1.88. The standard InChI is InChI=1S/C18H12Br2N2O4/c1-9-2-3-15-12(4-9)16(23)11(8-26-15)7-21-22-18(25)10-5-13(19)17(24)14(20)6-10/h2-8,24H,1H3,(H,22,25). The molecule has 0 aliphatic rings. The van der Waals surface area contributed by atoms with Crippen molar-refractivity contribution in [3.8, 4) is 5.75 Å². The molecule has 0 atom stereocenters. The van der Waals surface area contributed by atoms with Crippen molar-refractivity contribution >= 4 is 55.0 Å². The summed E-state index contributed by atoms with van der Waals surface area (Å²) < 4.78 is 6.16. The van der Waals surface area contributed by atoms with Gasteiger partial charge in [0.2, 0.25) is 5.43 Å². The second-order valence-electron chi connectivity index (χ2n) is 5.51. The number of nitrogens with zero attached hydrogens (tertiary/aromatic N) is 1. The molecule has 0 spiro atoms. The van der Waals surface area contributed by atoms with Gasteiger partial charge in [-0.1, -0.05) is 11.6 Å². The number of phenolic OH excluding ortho intramolecular Hbond substituents is 1. The van der Waals surface area contributed by atoms with E-state index in [-0.39, 0.29) is 22.3 Å². The van der Waals surface area contributed by atoms with Crippen LogP contribution in [0.5, 0.6) is 5.75 Å². The number of carbonyl (C=O) groups excluding carboxylic acids is 1. The molecule has 1 aromatic heterocycles. The van der Waals surface area contributed by atoms with E-state index in [4.69, 9.17) is 4.42 Å². The fourth-order valence-electron chi connectivity index (χ4n) is 2.27. The molecule has 26 heavy (non-hydrogen) atoms. The van der Waals surface area contributed by atoms with E-state index in [1.807, 2.05) is 13.0 Å². The van der Waals surface area contributed by atoms with Crippen molar-refractivity contribution in [2.75, 3.05) is 0 Å². The van der Waals surface area contributed by atoms with Crippen molar-refractivity contribution < 1.29 is 14.3 Å². The lowest BCUT2D eigenvalue weighted by molar-refractivity contribution is 0.0955. The Labute approximate surface area is 164 Å². The summed E-state index contributed by atoms with van der Waals surface area (Å²) >= 11 is 6.31. The van der Waals surface area contributed by atoms with Gasteiger partial charge in [-0.2, -0.15) is 5.10 Å². The average molecular weight is 480 g/mol. The molecule has 1 heterocycles. The average Bonchev–Trinajstić information content (AvgIpc) is 2.61. The molecule has 1 amide bonds. The molecule has 0 unspecified atom stereocenters. The molecule has 0 bridgehead atoms. The smallest absolute Gasteiger partial charge is 0.271 e. The minimum absolute atomic E-state index is 0.00545.